The summed E-state index contributed by atoms with van der Waals surface area (Å²) in [6.45, 7) is 6.28. The molecule has 0 rings (SSSR count). The van der Waals surface area contributed by atoms with Crippen LogP contribution in [0.1, 0.15) is 226 Å². The van der Waals surface area contributed by atoms with Gasteiger partial charge >= 0.3 is 5.97 Å². The first-order valence-corrected chi connectivity index (χ1v) is 26.7. The Hall–Kier alpha value is -3.48. The zero-order chi connectivity index (χ0) is 47.4. The number of allylic oxidation sites excluding steroid dienone is 18. The molecule has 3 N–H and O–H groups in total. The number of carbonyl (C=O) groups excluding carboxylic acids is 2. The molecule has 6 nitrogen and oxygen atoms in total. The number of rotatable bonds is 46. The lowest BCUT2D eigenvalue weighted by Gasteiger charge is -2.24. The van der Waals surface area contributed by atoms with Crippen LogP contribution in [0.3, 0.4) is 0 Å². The van der Waals surface area contributed by atoms with Crippen molar-refractivity contribution in [2.45, 2.75) is 244 Å². The average molecular weight is 902 g/mol. The van der Waals surface area contributed by atoms with Gasteiger partial charge in [0.05, 0.1) is 25.2 Å². The first-order chi connectivity index (χ1) is 32.0. The molecule has 0 fully saturated rings. The van der Waals surface area contributed by atoms with Gasteiger partial charge in [-0.15, -0.1) is 0 Å². The van der Waals surface area contributed by atoms with Crippen LogP contribution < -0.4 is 5.32 Å². The van der Waals surface area contributed by atoms with Gasteiger partial charge in [0.1, 0.15) is 6.10 Å². The number of amides is 1. The summed E-state index contributed by atoms with van der Waals surface area (Å²) < 4.78 is 5.88. The van der Waals surface area contributed by atoms with Crippen LogP contribution in [-0.2, 0) is 14.3 Å². The van der Waals surface area contributed by atoms with Gasteiger partial charge < -0.3 is 20.3 Å². The molecule has 3 atom stereocenters. The number of esters is 1. The molecule has 1 amide bonds. The third kappa shape index (κ3) is 46.8. The standard InChI is InChI=1S/C59H99NO5/c1-4-7-10-13-16-19-22-25-27-28-29-30-31-34-37-40-43-46-49-52-59(64)65-55(50-47-44-41-38-35-32-24-21-18-15-12-9-6-3)53-58(63)60-56(54-61)57(62)51-48-45-42-39-36-33-26-23-20-17-14-11-8-5-2/h9,12,15-16,18-19,21,24-25,27,29-30,32,34-35,37-38,41,55-57,61-62H,4-8,10-11,13-14,17,20,22-23,26,28,31,33,36,39-40,42-54H2,1-3H3,(H,60,63)/b12-9+,18-15+,19-16-,24-21-,27-25-,30-29-,35-32-,37-34-,41-38+. The molecule has 0 aromatic rings. The van der Waals surface area contributed by atoms with E-state index in [4.69, 9.17) is 4.74 Å². The summed E-state index contributed by atoms with van der Waals surface area (Å²) in [4.78, 5) is 26.2. The van der Waals surface area contributed by atoms with Crippen molar-refractivity contribution in [2.24, 2.45) is 0 Å². The SMILES string of the molecule is CC/C=C/C=C/C=C\C=C/C=C/CCCC(CC(=O)NC(CO)C(O)CCCCCCCCCCCCCCCC)OC(=O)CCCCC/C=C\C/C=C\C/C=C\C/C=C\CCCCC. The second kappa shape index (κ2) is 51.5. The maximum absolute atomic E-state index is 13.2. The van der Waals surface area contributed by atoms with Crippen LogP contribution in [0.25, 0.3) is 0 Å². The number of hydrogen-bond donors (Lipinski definition) is 3. The molecule has 0 bridgehead atoms. The molecule has 0 aliphatic carbocycles. The van der Waals surface area contributed by atoms with E-state index in [-0.39, 0.29) is 24.9 Å². The van der Waals surface area contributed by atoms with Crippen molar-refractivity contribution >= 4 is 11.9 Å². The number of unbranched alkanes of at least 4 members (excludes halogenated alkanes) is 20. The zero-order valence-electron chi connectivity index (χ0n) is 42.1. The van der Waals surface area contributed by atoms with Crippen LogP contribution >= 0.6 is 0 Å². The van der Waals surface area contributed by atoms with Gasteiger partial charge in [0.2, 0.25) is 5.91 Å². The van der Waals surface area contributed by atoms with Gasteiger partial charge in [0.25, 0.3) is 0 Å². The third-order valence-electron chi connectivity index (χ3n) is 11.5. The molecule has 3 unspecified atom stereocenters. The molecule has 0 saturated heterocycles. The van der Waals surface area contributed by atoms with Crippen molar-refractivity contribution in [3.8, 4) is 0 Å². The Morgan fingerprint density at radius 2 is 0.908 bits per heavy atom. The lowest BCUT2D eigenvalue weighted by atomic mass is 10.0. The van der Waals surface area contributed by atoms with Crippen LogP contribution in [0.4, 0.5) is 0 Å². The molecule has 0 spiro atoms. The highest BCUT2D eigenvalue weighted by Crippen LogP contribution is 2.16. The Balaban J connectivity index is 4.72. The molecule has 0 saturated carbocycles. The molecule has 0 heterocycles. The van der Waals surface area contributed by atoms with Gasteiger partial charge in [0.15, 0.2) is 0 Å². The Morgan fingerprint density at radius 3 is 1.43 bits per heavy atom. The summed E-state index contributed by atoms with van der Waals surface area (Å²) in [7, 11) is 0. The molecule has 65 heavy (non-hydrogen) atoms. The molecule has 0 aromatic heterocycles. The maximum atomic E-state index is 13.2. The van der Waals surface area contributed by atoms with Crippen LogP contribution in [0.5, 0.6) is 0 Å². The molecule has 0 aliphatic rings. The van der Waals surface area contributed by atoms with Crippen molar-refractivity contribution in [3.63, 3.8) is 0 Å². The van der Waals surface area contributed by atoms with Crippen LogP contribution in [0.2, 0.25) is 0 Å². The lowest BCUT2D eigenvalue weighted by Crippen LogP contribution is -2.46. The second-order valence-corrected chi connectivity index (χ2v) is 17.7. The predicted molar refractivity (Wildman–Crippen MR) is 282 cm³/mol. The number of ether oxygens (including phenoxy) is 1. The van der Waals surface area contributed by atoms with E-state index in [2.05, 4.69) is 86.8 Å². The Morgan fingerprint density at radius 1 is 0.477 bits per heavy atom. The van der Waals surface area contributed by atoms with Gasteiger partial charge in [-0.25, -0.2) is 0 Å². The number of carbonyl (C=O) groups is 2. The van der Waals surface area contributed by atoms with E-state index in [9.17, 15) is 19.8 Å². The molecular weight excluding hydrogens is 803 g/mol. The van der Waals surface area contributed by atoms with Crippen molar-refractivity contribution in [2.75, 3.05) is 6.61 Å². The minimum atomic E-state index is -0.819. The molecule has 0 aliphatic heterocycles. The first kappa shape index (κ1) is 61.5. The number of hydrogen-bond acceptors (Lipinski definition) is 5. The third-order valence-corrected chi connectivity index (χ3v) is 11.5. The van der Waals surface area contributed by atoms with Gasteiger partial charge in [-0.3, -0.25) is 9.59 Å². The fraction of sp³-hybridized carbons (Fsp3) is 0.661. The van der Waals surface area contributed by atoms with E-state index in [1.807, 2.05) is 48.6 Å². The summed E-state index contributed by atoms with van der Waals surface area (Å²) in [5.41, 5.74) is 0. The van der Waals surface area contributed by atoms with E-state index in [1.165, 1.54) is 96.3 Å². The van der Waals surface area contributed by atoms with E-state index in [1.54, 1.807) is 0 Å². The fourth-order valence-corrected chi connectivity index (χ4v) is 7.44. The zero-order valence-corrected chi connectivity index (χ0v) is 42.1. The molecule has 0 aromatic carbocycles. The largest absolute Gasteiger partial charge is 0.462 e. The monoisotopic (exact) mass is 902 g/mol. The topological polar surface area (TPSA) is 95.9 Å². The molecular formula is C59H99NO5. The van der Waals surface area contributed by atoms with Crippen molar-refractivity contribution in [3.05, 3.63) is 109 Å². The van der Waals surface area contributed by atoms with E-state index in [0.717, 1.165) is 83.5 Å². The van der Waals surface area contributed by atoms with E-state index in [0.29, 0.717) is 19.3 Å². The van der Waals surface area contributed by atoms with Crippen LogP contribution in [-0.4, -0.2) is 46.9 Å². The second-order valence-electron chi connectivity index (χ2n) is 17.7. The summed E-state index contributed by atoms with van der Waals surface area (Å²) in [6, 6.07) is -0.738. The summed E-state index contributed by atoms with van der Waals surface area (Å²) in [6.07, 6.45) is 70.1. The van der Waals surface area contributed by atoms with E-state index < -0.39 is 18.2 Å². The van der Waals surface area contributed by atoms with Gasteiger partial charge in [-0.05, 0) is 83.5 Å². The van der Waals surface area contributed by atoms with Gasteiger partial charge in [-0.2, -0.15) is 0 Å². The molecule has 6 heteroatoms. The molecule has 0 radical (unpaired) electrons. The summed E-state index contributed by atoms with van der Waals surface area (Å²) >= 11 is 0. The van der Waals surface area contributed by atoms with Crippen LogP contribution in [0, 0.1) is 0 Å². The summed E-state index contributed by atoms with van der Waals surface area (Å²) in [5, 5.41) is 23.8. The Kier molecular flexibility index (Phi) is 48.7. The Bertz CT molecular complexity index is 1330. The normalized spacial score (nSPS) is 14.1. The number of aliphatic hydroxyl groups excluding tert-OH is 2. The predicted octanol–water partition coefficient (Wildman–Crippen LogP) is 16.3. The minimum Gasteiger partial charge on any atom is -0.462 e. The maximum Gasteiger partial charge on any atom is 0.306 e. The average Bonchev–Trinajstić information content (AvgIpc) is 3.30. The smallest absolute Gasteiger partial charge is 0.306 e. The highest BCUT2D eigenvalue weighted by molar-refractivity contribution is 5.77. The van der Waals surface area contributed by atoms with Crippen LogP contribution in [0.15, 0.2) is 109 Å². The highest BCUT2D eigenvalue weighted by atomic mass is 16.5. The summed E-state index contributed by atoms with van der Waals surface area (Å²) in [5.74, 6) is -0.591. The van der Waals surface area contributed by atoms with Crippen molar-refractivity contribution < 1.29 is 24.5 Å². The van der Waals surface area contributed by atoms with Gasteiger partial charge in [0, 0.05) is 6.42 Å². The highest BCUT2D eigenvalue weighted by Gasteiger charge is 2.24. The first-order valence-electron chi connectivity index (χ1n) is 26.7. The van der Waals surface area contributed by atoms with Crippen molar-refractivity contribution in [1.82, 2.24) is 5.32 Å². The lowest BCUT2D eigenvalue weighted by molar-refractivity contribution is -0.151. The fourth-order valence-electron chi connectivity index (χ4n) is 7.44. The van der Waals surface area contributed by atoms with Gasteiger partial charge in [-0.1, -0.05) is 239 Å². The number of nitrogens with one attached hydrogen (secondary N) is 1. The van der Waals surface area contributed by atoms with E-state index >= 15 is 0 Å². The molecule has 370 valence electrons. The quantitative estimate of drug-likeness (QED) is 0.0245. The number of aliphatic hydroxyl groups is 2. The van der Waals surface area contributed by atoms with Crippen molar-refractivity contribution in [1.29, 1.82) is 0 Å². The minimum absolute atomic E-state index is 0.00918. The Labute approximate surface area is 400 Å².